The van der Waals surface area contributed by atoms with Crippen LogP contribution in [-0.2, 0) is 24.8 Å². The monoisotopic (exact) mass is 589 g/mol. The van der Waals surface area contributed by atoms with Crippen LogP contribution >= 0.6 is 7.52 Å². The number of ketones is 2. The Morgan fingerprint density at radius 3 is 2.49 bits per heavy atom. The van der Waals surface area contributed by atoms with Gasteiger partial charge in [-0.05, 0) is 55.7 Å². The van der Waals surface area contributed by atoms with Gasteiger partial charge in [-0.2, -0.15) is 17.9 Å². The predicted octanol–water partition coefficient (Wildman–Crippen LogP) is 4.15. The van der Waals surface area contributed by atoms with Crippen molar-refractivity contribution in [2.75, 3.05) is 16.3 Å². The maximum atomic E-state index is 14.2. The number of benzene rings is 2. The minimum Gasteiger partial charge on any atom is -0.342 e. The van der Waals surface area contributed by atoms with Crippen LogP contribution in [0.2, 0.25) is 0 Å². The highest BCUT2D eigenvalue weighted by molar-refractivity contribution is 7.92. The quantitative estimate of drug-likeness (QED) is 0.261. The van der Waals surface area contributed by atoms with E-state index in [1.54, 1.807) is 0 Å². The zero-order chi connectivity index (χ0) is 29.1. The fraction of sp³-hybridized carbons (Fsp3) is 0.375. The summed E-state index contributed by atoms with van der Waals surface area (Å²) >= 11 is 0. The number of amidine groups is 1. The molecule has 0 saturated heterocycles. The van der Waals surface area contributed by atoms with Crippen LogP contribution in [0.1, 0.15) is 42.6 Å². The molecule has 2 aromatic rings. The van der Waals surface area contributed by atoms with Gasteiger partial charge in [0.25, 0.3) is 0 Å². The number of alkyl halides is 3. The molecule has 1 aliphatic heterocycles. The zero-order valence-corrected chi connectivity index (χ0v) is 22.5. The first-order valence-corrected chi connectivity index (χ1v) is 15.1. The van der Waals surface area contributed by atoms with Crippen LogP contribution in [-0.4, -0.2) is 43.1 Å². The molecule has 15 heteroatoms. The Bertz CT molecular complexity index is 1580. The number of hydrogen-bond donors (Lipinski definition) is 3. The molecule has 4 atom stereocenters. The molecule has 2 aromatic carbocycles. The second-order valence-corrected chi connectivity index (χ2v) is 13.4. The maximum Gasteiger partial charge on any atom is 0.391 e. The lowest BCUT2D eigenvalue weighted by molar-refractivity contribution is -0.172. The maximum absolute atomic E-state index is 14.2. The van der Waals surface area contributed by atoms with Crippen molar-refractivity contribution in [3.8, 4) is 0 Å². The molecule has 210 valence electrons. The molecule has 2 aliphatic rings. The highest BCUT2D eigenvalue weighted by Crippen LogP contribution is 2.49. The van der Waals surface area contributed by atoms with E-state index in [1.807, 2.05) is 0 Å². The van der Waals surface area contributed by atoms with Crippen molar-refractivity contribution in [1.29, 1.82) is 0 Å². The average molecular weight is 590 g/mol. The van der Waals surface area contributed by atoms with Crippen LogP contribution in [0.3, 0.4) is 0 Å². The van der Waals surface area contributed by atoms with Crippen LogP contribution in [0.4, 0.5) is 28.9 Å². The molecule has 1 heterocycles. The SMILES string of the molecule is CC(CCC1(C)C(=O)C(C2=NP(=O)(O)c3cc(NS(C)(=O)=O)ccc3N2)C(=O)c2cc(F)ccc21)C(F)(F)F. The second-order valence-electron chi connectivity index (χ2n) is 9.93. The summed E-state index contributed by atoms with van der Waals surface area (Å²) in [6, 6.07) is 6.66. The standard InChI is InChI=1S/C24H24F4N3O6PS/c1-12(24(26,27)28)8-9-23(2)16-6-4-13(25)10-15(16)20(32)19(21(23)33)22-29-17-7-5-14(31-39(3,36)37)11-18(17)38(34,35)30-22/h4-7,10-12,19,31H,8-9H2,1-3H3,(H2,29,30,34,35). The van der Waals surface area contributed by atoms with Crippen molar-refractivity contribution in [3.05, 3.63) is 53.3 Å². The Labute approximate surface area is 221 Å². The summed E-state index contributed by atoms with van der Waals surface area (Å²) in [7, 11) is -8.39. The summed E-state index contributed by atoms with van der Waals surface area (Å²) in [5, 5.41) is 2.37. The van der Waals surface area contributed by atoms with Crippen molar-refractivity contribution in [3.63, 3.8) is 0 Å². The van der Waals surface area contributed by atoms with Crippen LogP contribution in [0.25, 0.3) is 0 Å². The fourth-order valence-electron chi connectivity index (χ4n) is 4.75. The molecule has 0 spiro atoms. The molecule has 39 heavy (non-hydrogen) atoms. The lowest BCUT2D eigenvalue weighted by atomic mass is 9.63. The molecule has 3 N–H and O–H groups in total. The summed E-state index contributed by atoms with van der Waals surface area (Å²) in [4.78, 5) is 38.0. The number of nitrogens with one attached hydrogen (secondary N) is 2. The van der Waals surface area contributed by atoms with E-state index in [-0.39, 0.29) is 34.2 Å². The number of nitrogens with zero attached hydrogens (tertiary/aromatic N) is 1. The van der Waals surface area contributed by atoms with E-state index in [9.17, 15) is 45.0 Å². The minimum atomic E-state index is -4.67. The van der Waals surface area contributed by atoms with E-state index in [2.05, 4.69) is 14.8 Å². The topological polar surface area (TPSA) is 142 Å². The van der Waals surface area contributed by atoms with Gasteiger partial charge in [0.15, 0.2) is 11.6 Å². The normalized spacial score (nSPS) is 25.7. The van der Waals surface area contributed by atoms with Gasteiger partial charge in [0, 0.05) is 11.3 Å². The van der Waals surface area contributed by atoms with Crippen LogP contribution in [0.15, 0.2) is 41.2 Å². The number of sulfonamides is 1. The summed E-state index contributed by atoms with van der Waals surface area (Å²) < 4.78 is 96.0. The lowest BCUT2D eigenvalue weighted by Gasteiger charge is -2.39. The van der Waals surface area contributed by atoms with E-state index in [1.165, 1.54) is 25.1 Å². The van der Waals surface area contributed by atoms with Crippen molar-refractivity contribution in [2.45, 2.75) is 38.3 Å². The molecule has 0 bridgehead atoms. The van der Waals surface area contributed by atoms with Crippen molar-refractivity contribution < 1.29 is 45.0 Å². The lowest BCUT2D eigenvalue weighted by Crippen LogP contribution is -2.51. The molecule has 9 nitrogen and oxygen atoms in total. The first-order chi connectivity index (χ1) is 17.8. The zero-order valence-electron chi connectivity index (χ0n) is 20.8. The third-order valence-corrected chi connectivity index (χ3v) is 9.03. The highest BCUT2D eigenvalue weighted by atomic mass is 32.2. The van der Waals surface area contributed by atoms with Gasteiger partial charge in [0.2, 0.25) is 10.0 Å². The Morgan fingerprint density at radius 1 is 1.21 bits per heavy atom. The minimum absolute atomic E-state index is 0.0356. The van der Waals surface area contributed by atoms with Crippen LogP contribution < -0.4 is 15.3 Å². The number of anilines is 2. The van der Waals surface area contributed by atoms with Crippen LogP contribution in [0.5, 0.6) is 0 Å². The van der Waals surface area contributed by atoms with Gasteiger partial charge in [-0.1, -0.05) is 13.0 Å². The first kappa shape index (κ1) is 28.9. The average Bonchev–Trinajstić information content (AvgIpc) is 2.80. The van der Waals surface area contributed by atoms with Crippen LogP contribution in [0, 0.1) is 17.7 Å². The second kappa shape index (κ2) is 9.53. The van der Waals surface area contributed by atoms with Gasteiger partial charge in [-0.15, -0.1) is 0 Å². The van der Waals surface area contributed by atoms with Gasteiger partial charge in [-0.3, -0.25) is 18.9 Å². The van der Waals surface area contributed by atoms with Crippen molar-refractivity contribution in [1.82, 2.24) is 0 Å². The summed E-state index contributed by atoms with van der Waals surface area (Å²) in [6.45, 7) is 2.32. The van der Waals surface area contributed by atoms with Crippen molar-refractivity contribution in [2.24, 2.45) is 16.6 Å². The Kier molecular flexibility index (Phi) is 7.06. The Hall–Kier alpha value is -3.09. The third kappa shape index (κ3) is 5.50. The summed E-state index contributed by atoms with van der Waals surface area (Å²) in [6.07, 6.45) is -4.45. The van der Waals surface area contributed by atoms with Gasteiger partial charge >= 0.3 is 13.7 Å². The van der Waals surface area contributed by atoms with Gasteiger partial charge in [-0.25, -0.2) is 12.8 Å². The molecule has 1 aliphatic carbocycles. The molecule has 0 radical (unpaired) electrons. The predicted molar refractivity (Wildman–Crippen MR) is 136 cm³/mol. The first-order valence-electron chi connectivity index (χ1n) is 11.6. The molecule has 0 aromatic heterocycles. The van der Waals surface area contributed by atoms with Gasteiger partial charge in [0.05, 0.1) is 28.6 Å². The summed E-state index contributed by atoms with van der Waals surface area (Å²) in [5.74, 6) is -6.72. The van der Waals surface area contributed by atoms with E-state index in [0.29, 0.717) is 0 Å². The molecular weight excluding hydrogens is 565 g/mol. The number of carbonyl (C=O) groups excluding carboxylic acids is 2. The smallest absolute Gasteiger partial charge is 0.342 e. The number of rotatable bonds is 6. The van der Waals surface area contributed by atoms with Gasteiger partial charge in [0.1, 0.15) is 17.6 Å². The molecule has 0 fully saturated rings. The number of halogens is 4. The van der Waals surface area contributed by atoms with E-state index in [4.69, 9.17) is 0 Å². The molecule has 0 saturated carbocycles. The van der Waals surface area contributed by atoms with E-state index >= 15 is 0 Å². The van der Waals surface area contributed by atoms with E-state index < -0.39 is 70.6 Å². The van der Waals surface area contributed by atoms with Crippen molar-refractivity contribution >= 4 is 51.6 Å². The van der Waals surface area contributed by atoms with E-state index in [0.717, 1.165) is 31.4 Å². The highest BCUT2D eigenvalue weighted by Gasteiger charge is 2.52. The molecular formula is C24H24F4N3O6PS. The third-order valence-electron chi connectivity index (χ3n) is 6.94. The number of carbonyl (C=O) groups is 2. The Morgan fingerprint density at radius 2 is 1.87 bits per heavy atom. The largest absolute Gasteiger partial charge is 0.391 e. The number of fused-ring (bicyclic) bond motifs is 2. The molecule has 4 rings (SSSR count). The van der Waals surface area contributed by atoms with Gasteiger partial charge < -0.3 is 10.2 Å². The molecule has 0 amide bonds. The number of Topliss-reactive ketones (excluding diaryl/α,β-unsaturated/α-hetero) is 2. The Balaban J connectivity index is 1.78. The fourth-order valence-corrected chi connectivity index (χ4v) is 6.62. The number of hydrogen-bond acceptors (Lipinski definition) is 6. The molecule has 4 unspecified atom stereocenters. The summed E-state index contributed by atoms with van der Waals surface area (Å²) in [5.41, 5.74) is -1.93.